The van der Waals surface area contributed by atoms with Crippen LogP contribution in [0.1, 0.15) is 24.8 Å². The molecule has 1 heterocycles. The second-order valence-corrected chi connectivity index (χ2v) is 5.21. The number of carbonyl (C=O) groups excluding carboxylic acids is 2. The van der Waals surface area contributed by atoms with E-state index in [1.807, 2.05) is 42.5 Å². The van der Waals surface area contributed by atoms with Gasteiger partial charge in [0.1, 0.15) is 6.10 Å². The van der Waals surface area contributed by atoms with Crippen LogP contribution in [0, 0.1) is 0 Å². The molecule has 0 saturated carbocycles. The molecule has 1 aromatic rings. The highest BCUT2D eigenvalue weighted by molar-refractivity contribution is 5.70. The highest BCUT2D eigenvalue weighted by Gasteiger charge is 2.31. The predicted octanol–water partition coefficient (Wildman–Crippen LogP) is 2.61. The van der Waals surface area contributed by atoms with Gasteiger partial charge in [-0.25, -0.2) is 4.79 Å². The molecular weight excluding hydrogens is 282 g/mol. The number of alkyl carbamates (subject to hydrolysis) is 1. The number of hydrogen-bond donors (Lipinski definition) is 1. The maximum atomic E-state index is 11.4. The molecule has 2 atom stereocenters. The second kappa shape index (κ2) is 8.22. The molecule has 1 aliphatic heterocycles. The summed E-state index contributed by atoms with van der Waals surface area (Å²) < 4.78 is 9.85. The summed E-state index contributed by atoms with van der Waals surface area (Å²) in [5, 5.41) is 2.83. The number of esters is 1. The van der Waals surface area contributed by atoms with Gasteiger partial charge in [-0.05, 0) is 30.9 Å². The average Bonchev–Trinajstić information content (AvgIpc) is 2.87. The Bertz CT molecular complexity index is 527. The van der Waals surface area contributed by atoms with Crippen molar-refractivity contribution < 1.29 is 19.1 Å². The fourth-order valence-corrected chi connectivity index (χ4v) is 2.38. The molecule has 22 heavy (non-hydrogen) atoms. The van der Waals surface area contributed by atoms with Crippen LogP contribution < -0.4 is 5.32 Å². The molecule has 1 aromatic carbocycles. The molecule has 5 nitrogen and oxygen atoms in total. The maximum Gasteiger partial charge on any atom is 0.408 e. The van der Waals surface area contributed by atoms with E-state index in [0.29, 0.717) is 6.42 Å². The summed E-state index contributed by atoms with van der Waals surface area (Å²) >= 11 is 0. The summed E-state index contributed by atoms with van der Waals surface area (Å²) in [4.78, 5) is 22.4. The van der Waals surface area contributed by atoms with E-state index in [-0.39, 0.29) is 24.2 Å². The Morgan fingerprint density at radius 1 is 1.36 bits per heavy atom. The Balaban J connectivity index is 1.83. The molecule has 0 spiro atoms. The minimum absolute atomic E-state index is 0.0632. The number of methoxy groups -OCH3 is 1. The standard InChI is InChI=1S/C17H21NO4/c1-21-16(19)11-7-3-6-10-15-14(18-17(20)22-15)12-13-8-4-2-5-9-13/h2,4-6,8-10,14-15H,3,7,11-12H2,1H3,(H,18,20)/t14-,15-/m0/s1. The second-order valence-electron chi connectivity index (χ2n) is 5.21. The first-order valence-electron chi connectivity index (χ1n) is 7.43. The maximum absolute atomic E-state index is 11.4. The third-order valence-corrected chi connectivity index (χ3v) is 3.55. The van der Waals surface area contributed by atoms with Gasteiger partial charge < -0.3 is 14.8 Å². The lowest BCUT2D eigenvalue weighted by Crippen LogP contribution is -2.32. The molecule has 1 aliphatic rings. The van der Waals surface area contributed by atoms with Crippen LogP contribution in [0.25, 0.3) is 0 Å². The van der Waals surface area contributed by atoms with Crippen molar-refractivity contribution >= 4 is 12.1 Å². The van der Waals surface area contributed by atoms with E-state index in [1.165, 1.54) is 7.11 Å². The number of nitrogens with one attached hydrogen (secondary N) is 1. The van der Waals surface area contributed by atoms with Gasteiger partial charge in [-0.2, -0.15) is 0 Å². The van der Waals surface area contributed by atoms with Crippen molar-refractivity contribution in [2.45, 2.75) is 37.8 Å². The first-order chi connectivity index (χ1) is 10.7. The van der Waals surface area contributed by atoms with Crippen molar-refractivity contribution in [1.82, 2.24) is 5.32 Å². The molecule has 0 bridgehead atoms. The predicted molar refractivity (Wildman–Crippen MR) is 82.3 cm³/mol. The topological polar surface area (TPSA) is 64.6 Å². The zero-order valence-corrected chi connectivity index (χ0v) is 12.7. The fraction of sp³-hybridized carbons (Fsp3) is 0.412. The van der Waals surface area contributed by atoms with E-state index < -0.39 is 0 Å². The minimum atomic E-state index is -0.384. The van der Waals surface area contributed by atoms with Crippen LogP contribution >= 0.6 is 0 Å². The van der Waals surface area contributed by atoms with E-state index in [0.717, 1.165) is 24.8 Å². The van der Waals surface area contributed by atoms with Gasteiger partial charge in [-0.3, -0.25) is 4.79 Å². The molecule has 0 radical (unpaired) electrons. The molecule has 2 rings (SSSR count). The Labute approximate surface area is 130 Å². The third kappa shape index (κ3) is 4.91. The molecule has 0 aliphatic carbocycles. The van der Waals surface area contributed by atoms with Crippen LogP contribution in [0.15, 0.2) is 42.5 Å². The van der Waals surface area contributed by atoms with Crippen molar-refractivity contribution in [3.63, 3.8) is 0 Å². The highest BCUT2D eigenvalue weighted by atomic mass is 16.6. The normalized spacial score (nSPS) is 20.7. The van der Waals surface area contributed by atoms with Crippen molar-refractivity contribution in [1.29, 1.82) is 0 Å². The number of hydrogen-bond acceptors (Lipinski definition) is 4. The number of cyclic esters (lactones) is 1. The van der Waals surface area contributed by atoms with Gasteiger partial charge >= 0.3 is 12.1 Å². The van der Waals surface area contributed by atoms with Gasteiger partial charge in [-0.15, -0.1) is 0 Å². The molecule has 1 N–H and O–H groups in total. The fourth-order valence-electron chi connectivity index (χ4n) is 2.38. The summed E-state index contributed by atoms with van der Waals surface area (Å²) in [6.45, 7) is 0. The number of rotatable bonds is 7. The SMILES string of the molecule is COC(=O)CCCC=C[C@@H]1OC(=O)N[C@H]1Cc1ccccc1. The van der Waals surface area contributed by atoms with E-state index >= 15 is 0 Å². The van der Waals surface area contributed by atoms with Crippen LogP contribution in [0.5, 0.6) is 0 Å². The summed E-state index contributed by atoms with van der Waals surface area (Å²) in [6.07, 6.45) is 5.79. The summed E-state index contributed by atoms with van der Waals surface area (Å²) in [5.41, 5.74) is 1.15. The van der Waals surface area contributed by atoms with Crippen LogP contribution in [-0.2, 0) is 20.7 Å². The van der Waals surface area contributed by atoms with Crippen LogP contribution in [0.3, 0.4) is 0 Å². The van der Waals surface area contributed by atoms with Gasteiger partial charge in [0.2, 0.25) is 0 Å². The Morgan fingerprint density at radius 2 is 2.14 bits per heavy atom. The molecule has 1 fully saturated rings. The lowest BCUT2D eigenvalue weighted by atomic mass is 10.0. The Kier molecular flexibility index (Phi) is 6.01. The molecule has 5 heteroatoms. The van der Waals surface area contributed by atoms with Crippen LogP contribution in [0.2, 0.25) is 0 Å². The van der Waals surface area contributed by atoms with Gasteiger partial charge in [-0.1, -0.05) is 36.4 Å². The number of amides is 1. The number of allylic oxidation sites excluding steroid dienone is 1. The molecule has 1 amide bonds. The quantitative estimate of drug-likeness (QED) is 0.478. The van der Waals surface area contributed by atoms with E-state index in [9.17, 15) is 9.59 Å². The average molecular weight is 303 g/mol. The van der Waals surface area contributed by atoms with Crippen molar-refractivity contribution in [3.8, 4) is 0 Å². The highest BCUT2D eigenvalue weighted by Crippen LogP contribution is 2.16. The van der Waals surface area contributed by atoms with E-state index in [2.05, 4.69) is 10.1 Å². The van der Waals surface area contributed by atoms with E-state index in [4.69, 9.17) is 4.74 Å². The molecule has 1 saturated heterocycles. The zero-order valence-electron chi connectivity index (χ0n) is 12.7. The van der Waals surface area contributed by atoms with Gasteiger partial charge in [0.25, 0.3) is 0 Å². The number of ether oxygens (including phenoxy) is 2. The summed E-state index contributed by atoms with van der Waals surface area (Å²) in [7, 11) is 1.38. The summed E-state index contributed by atoms with van der Waals surface area (Å²) in [5.74, 6) is -0.204. The Hall–Kier alpha value is -2.30. The monoisotopic (exact) mass is 303 g/mol. The third-order valence-electron chi connectivity index (χ3n) is 3.55. The Morgan fingerprint density at radius 3 is 2.86 bits per heavy atom. The molecule has 0 unspecified atom stereocenters. The molecular formula is C17H21NO4. The largest absolute Gasteiger partial charge is 0.469 e. The number of carbonyl (C=O) groups is 2. The van der Waals surface area contributed by atoms with Crippen LogP contribution in [0.4, 0.5) is 4.79 Å². The van der Waals surface area contributed by atoms with E-state index in [1.54, 1.807) is 0 Å². The smallest absolute Gasteiger partial charge is 0.408 e. The molecule has 118 valence electrons. The number of benzene rings is 1. The van der Waals surface area contributed by atoms with Crippen molar-refractivity contribution in [3.05, 3.63) is 48.0 Å². The van der Waals surface area contributed by atoms with Crippen LogP contribution in [-0.4, -0.2) is 31.3 Å². The van der Waals surface area contributed by atoms with Gasteiger partial charge in [0.15, 0.2) is 0 Å². The first kappa shape index (κ1) is 16.1. The lowest BCUT2D eigenvalue weighted by molar-refractivity contribution is -0.140. The summed E-state index contributed by atoms with van der Waals surface area (Å²) in [6, 6.07) is 9.91. The number of unbranched alkanes of at least 4 members (excludes halogenated alkanes) is 1. The van der Waals surface area contributed by atoms with Gasteiger partial charge in [0, 0.05) is 6.42 Å². The molecule has 0 aromatic heterocycles. The van der Waals surface area contributed by atoms with Gasteiger partial charge in [0.05, 0.1) is 13.2 Å². The first-order valence-corrected chi connectivity index (χ1v) is 7.43. The zero-order chi connectivity index (χ0) is 15.8. The van der Waals surface area contributed by atoms with Crippen molar-refractivity contribution in [2.24, 2.45) is 0 Å². The van der Waals surface area contributed by atoms with Crippen molar-refractivity contribution in [2.75, 3.05) is 7.11 Å². The lowest BCUT2D eigenvalue weighted by Gasteiger charge is -2.13. The minimum Gasteiger partial charge on any atom is -0.469 e.